The number of hydrogen-bond acceptors (Lipinski definition) is 9. The molecule has 21 heavy (non-hydrogen) atoms. The Morgan fingerprint density at radius 1 is 1.48 bits per heavy atom. The molecule has 0 spiro atoms. The monoisotopic (exact) mass is 393 g/mol. The number of nitrogens with zero attached hydrogens (tertiary/aromatic N) is 3. The summed E-state index contributed by atoms with van der Waals surface area (Å²) in [6.45, 7) is 0.503. The molecule has 0 saturated carbocycles. The largest absolute Gasteiger partial charge is 0.382 e. The fourth-order valence-electron chi connectivity index (χ4n) is 2.72. The molecular weight excluding hydrogens is 381 g/mol. The number of anilines is 3. The quantitative estimate of drug-likeness (QED) is 0.287. The van der Waals surface area contributed by atoms with Gasteiger partial charge < -0.3 is 24.8 Å². The molecule has 11 heteroatoms. The second-order valence-electron chi connectivity index (χ2n) is 4.89. The third-order valence-electron chi connectivity index (χ3n) is 3.67. The highest BCUT2D eigenvalue weighted by atomic mass is 79.9. The second-order valence-corrected chi connectivity index (χ2v) is 7.68. The van der Waals surface area contributed by atoms with Crippen LogP contribution in [-0.4, -0.2) is 40.1 Å². The van der Waals surface area contributed by atoms with Gasteiger partial charge in [-0.1, -0.05) is 12.2 Å². The van der Waals surface area contributed by atoms with Gasteiger partial charge in [-0.25, -0.2) is 9.97 Å². The molecule has 2 fully saturated rings. The molecule has 2 saturated heterocycles. The van der Waals surface area contributed by atoms with Crippen LogP contribution in [0.15, 0.2) is 6.33 Å². The third-order valence-corrected chi connectivity index (χ3v) is 5.79. The number of hydrogen-bond donors (Lipinski definition) is 3. The molecule has 114 valence electrons. The van der Waals surface area contributed by atoms with Crippen LogP contribution in [0.5, 0.6) is 0 Å². The molecule has 4 heterocycles. The topological polar surface area (TPSA) is 94.8 Å². The predicted molar refractivity (Wildman–Crippen MR) is 85.3 cm³/mol. The molecule has 0 amide bonds. The Morgan fingerprint density at radius 3 is 3.19 bits per heavy atom. The van der Waals surface area contributed by atoms with E-state index in [0.29, 0.717) is 18.1 Å². The number of nitrogens with two attached hydrogens (primary N) is 1. The van der Waals surface area contributed by atoms with Crippen LogP contribution in [0, 0.1) is 0 Å². The molecule has 1 aromatic heterocycles. The summed E-state index contributed by atoms with van der Waals surface area (Å²) in [5, 5.41) is 3.05. The van der Waals surface area contributed by atoms with E-state index in [1.165, 1.54) is 6.33 Å². The number of nitrogens with one attached hydrogen (secondary N) is 1. The van der Waals surface area contributed by atoms with Gasteiger partial charge >= 0.3 is 0 Å². The first kappa shape index (κ1) is 14.2. The van der Waals surface area contributed by atoms with Crippen LogP contribution >= 0.6 is 35.8 Å². The molecule has 3 N–H and O–H groups in total. The van der Waals surface area contributed by atoms with Crippen molar-refractivity contribution in [2.24, 2.45) is 0 Å². The lowest BCUT2D eigenvalue weighted by Crippen LogP contribution is -2.40. The fourth-order valence-corrected chi connectivity index (χ4v) is 4.76. The number of halogens is 1. The van der Waals surface area contributed by atoms with Crippen molar-refractivity contribution in [1.82, 2.24) is 9.97 Å². The summed E-state index contributed by atoms with van der Waals surface area (Å²) in [7, 11) is -1.10. The van der Waals surface area contributed by atoms with Gasteiger partial charge in [0, 0.05) is 6.42 Å². The molecular formula is C10H13BrN5O3PS. The predicted octanol–water partition coefficient (Wildman–Crippen LogP) is 1.66. The van der Waals surface area contributed by atoms with Crippen molar-refractivity contribution in [3.63, 3.8) is 0 Å². The third kappa shape index (κ3) is 2.38. The molecule has 3 aliphatic heterocycles. The SMILES string of the molecule is Nc1ncnc2c1NC(Br)N2C1C[C@@H]2O[P@](S)OCC2O1. The Labute approximate surface area is 135 Å². The smallest absolute Gasteiger partial charge is 0.235 e. The molecule has 1 aromatic rings. The zero-order valence-electron chi connectivity index (χ0n) is 10.7. The van der Waals surface area contributed by atoms with Crippen LogP contribution in [0.1, 0.15) is 6.42 Å². The van der Waals surface area contributed by atoms with Crippen LogP contribution in [0.3, 0.4) is 0 Å². The van der Waals surface area contributed by atoms with Gasteiger partial charge in [-0.2, -0.15) is 0 Å². The fraction of sp³-hybridized carbons (Fsp3) is 0.600. The van der Waals surface area contributed by atoms with Gasteiger partial charge in [0.1, 0.15) is 24.3 Å². The molecule has 3 unspecified atom stereocenters. The van der Waals surface area contributed by atoms with E-state index in [4.69, 9.17) is 19.5 Å². The van der Waals surface area contributed by atoms with E-state index in [1.54, 1.807) is 0 Å². The number of alkyl halides is 1. The summed E-state index contributed by atoms with van der Waals surface area (Å²) >= 11 is 7.82. The number of aromatic nitrogens is 2. The first-order chi connectivity index (χ1) is 10.1. The van der Waals surface area contributed by atoms with Crippen LogP contribution in [0.25, 0.3) is 0 Å². The Hall–Kier alpha value is -0.380. The van der Waals surface area contributed by atoms with E-state index in [0.717, 1.165) is 12.2 Å². The van der Waals surface area contributed by atoms with E-state index in [9.17, 15) is 0 Å². The average molecular weight is 394 g/mol. The summed E-state index contributed by atoms with van der Waals surface area (Å²) in [5.41, 5.74) is 6.59. The van der Waals surface area contributed by atoms with Gasteiger partial charge in [0.05, 0.1) is 12.7 Å². The zero-order chi connectivity index (χ0) is 14.6. The maximum atomic E-state index is 6.05. The highest BCUT2D eigenvalue weighted by Crippen LogP contribution is 2.52. The van der Waals surface area contributed by atoms with Crippen LogP contribution < -0.4 is 16.0 Å². The molecule has 5 atom stereocenters. The lowest BCUT2D eigenvalue weighted by Gasteiger charge is -2.28. The van der Waals surface area contributed by atoms with Gasteiger partial charge in [-0.3, -0.25) is 4.90 Å². The molecule has 0 aromatic carbocycles. The number of fused-ring (bicyclic) bond motifs is 2. The standard InChI is InChI=1S/C10H13BrN5O3PS/c11-10-15-7-8(12)13-3-14-9(7)16(10)6-1-4-5(18-6)2-17-20(21)19-4/h3-6,10,15,21H,1-2H2,(H2,12,13,14)/t4-,5?,6?,10?,20+/m0/s1. The summed E-state index contributed by atoms with van der Waals surface area (Å²) in [6.07, 6.45) is 1.91. The molecule has 0 radical (unpaired) electrons. The van der Waals surface area contributed by atoms with Crippen LogP contribution in [0.4, 0.5) is 17.3 Å². The van der Waals surface area contributed by atoms with Crippen molar-refractivity contribution in [3.05, 3.63) is 6.33 Å². The average Bonchev–Trinajstić information content (AvgIpc) is 2.99. The second kappa shape index (κ2) is 5.36. The highest BCUT2D eigenvalue weighted by molar-refractivity contribution is 9.09. The number of rotatable bonds is 1. The minimum Gasteiger partial charge on any atom is -0.382 e. The van der Waals surface area contributed by atoms with Crippen molar-refractivity contribution < 1.29 is 13.8 Å². The molecule has 0 aliphatic carbocycles. The first-order valence-electron chi connectivity index (χ1n) is 6.37. The van der Waals surface area contributed by atoms with Gasteiger partial charge in [0.25, 0.3) is 0 Å². The minimum atomic E-state index is -1.10. The highest BCUT2D eigenvalue weighted by Gasteiger charge is 2.47. The zero-order valence-corrected chi connectivity index (χ0v) is 14.1. The van der Waals surface area contributed by atoms with Gasteiger partial charge in [-0.15, -0.1) is 0 Å². The number of thiol groups is 1. The maximum absolute atomic E-state index is 6.05. The summed E-state index contributed by atoms with van der Waals surface area (Å²) < 4.78 is 17.2. The lowest BCUT2D eigenvalue weighted by molar-refractivity contribution is -0.0286. The molecule has 3 aliphatic rings. The van der Waals surface area contributed by atoms with Crippen molar-refractivity contribution in [3.8, 4) is 0 Å². The van der Waals surface area contributed by atoms with Crippen molar-refractivity contribution in [2.45, 2.75) is 29.9 Å². The van der Waals surface area contributed by atoms with Gasteiger partial charge in [-0.05, 0) is 15.9 Å². The molecule has 0 bridgehead atoms. The van der Waals surface area contributed by atoms with Crippen molar-refractivity contribution in [1.29, 1.82) is 0 Å². The first-order valence-corrected chi connectivity index (χ1v) is 9.61. The van der Waals surface area contributed by atoms with E-state index >= 15 is 0 Å². The van der Waals surface area contributed by atoms with Crippen molar-refractivity contribution in [2.75, 3.05) is 22.6 Å². The van der Waals surface area contributed by atoms with Gasteiger partial charge in [0.2, 0.25) is 7.58 Å². The Balaban J connectivity index is 1.59. The molecule has 8 nitrogen and oxygen atoms in total. The van der Waals surface area contributed by atoms with Crippen molar-refractivity contribution >= 4 is 53.1 Å². The summed E-state index contributed by atoms with van der Waals surface area (Å²) in [4.78, 5) is 10.3. The minimum absolute atomic E-state index is 0.00436. The van der Waals surface area contributed by atoms with Crippen LogP contribution in [0.2, 0.25) is 0 Å². The number of nitrogen functional groups attached to an aromatic ring is 1. The van der Waals surface area contributed by atoms with Gasteiger partial charge in [0.15, 0.2) is 16.7 Å². The van der Waals surface area contributed by atoms with E-state index in [-0.39, 0.29) is 23.5 Å². The van der Waals surface area contributed by atoms with E-state index in [1.807, 2.05) is 4.90 Å². The van der Waals surface area contributed by atoms with Crippen LogP contribution in [-0.2, 0) is 13.8 Å². The maximum Gasteiger partial charge on any atom is 0.235 e. The number of ether oxygens (including phenoxy) is 1. The summed E-state index contributed by atoms with van der Waals surface area (Å²) in [6, 6.07) is 0. The Kier molecular flexibility index (Phi) is 3.63. The molecule has 4 rings (SSSR count). The van der Waals surface area contributed by atoms with E-state index < -0.39 is 7.58 Å². The Morgan fingerprint density at radius 2 is 2.33 bits per heavy atom. The summed E-state index contributed by atoms with van der Waals surface area (Å²) in [5.74, 6) is 1.14. The lowest BCUT2D eigenvalue weighted by atomic mass is 10.2. The Bertz CT molecular complexity index is 571. The normalized spacial score (nSPS) is 38.0. The van der Waals surface area contributed by atoms with E-state index in [2.05, 4.69) is 43.5 Å².